The van der Waals surface area contributed by atoms with Gasteiger partial charge in [-0.25, -0.2) is 4.98 Å². The number of thiazole rings is 1. The molecule has 1 atom stereocenters. The summed E-state index contributed by atoms with van der Waals surface area (Å²) >= 11 is 1.37. The number of aromatic nitrogens is 3. The fraction of sp³-hybridized carbons (Fsp3) is 0.0870. The number of benzene rings is 1. The van der Waals surface area contributed by atoms with Gasteiger partial charge in [0.2, 0.25) is 0 Å². The molecule has 4 aromatic rings. The van der Waals surface area contributed by atoms with E-state index >= 15 is 0 Å². The third kappa shape index (κ3) is 4.81. The van der Waals surface area contributed by atoms with Crippen LogP contribution in [0.4, 0.5) is 0 Å². The molecule has 0 spiro atoms. The highest BCUT2D eigenvalue weighted by Crippen LogP contribution is 2.28. The van der Waals surface area contributed by atoms with Crippen LogP contribution in [0.25, 0.3) is 10.6 Å². The number of pyridine rings is 2. The van der Waals surface area contributed by atoms with Crippen LogP contribution in [0.15, 0.2) is 78.7 Å². The third-order valence-electron chi connectivity index (χ3n) is 4.72. The van der Waals surface area contributed by atoms with Crippen molar-refractivity contribution in [2.75, 3.05) is 0 Å². The number of nitrogens with one attached hydrogen (secondary N) is 1. The van der Waals surface area contributed by atoms with Gasteiger partial charge in [-0.1, -0.05) is 18.2 Å². The molecule has 0 radical (unpaired) electrons. The molecule has 0 aliphatic carbocycles. The first kappa shape index (κ1) is 20.4. The Balaban J connectivity index is 1.57. The number of carbonyl (C=O) groups excluding carboxylic acids is 1. The maximum atomic E-state index is 13.0. The van der Waals surface area contributed by atoms with Crippen molar-refractivity contribution in [3.63, 3.8) is 0 Å². The molecule has 0 saturated carbocycles. The van der Waals surface area contributed by atoms with Crippen LogP contribution >= 0.6 is 11.3 Å². The summed E-state index contributed by atoms with van der Waals surface area (Å²) < 4.78 is 0. The lowest BCUT2D eigenvalue weighted by atomic mass is 9.97. The molecule has 31 heavy (non-hydrogen) atoms. The minimum atomic E-state index is -0.544. The summed E-state index contributed by atoms with van der Waals surface area (Å²) in [6.45, 7) is 0. The lowest BCUT2D eigenvalue weighted by Gasteiger charge is -2.18. The van der Waals surface area contributed by atoms with Crippen molar-refractivity contribution in [2.24, 2.45) is 0 Å². The molecule has 7 nitrogen and oxygen atoms in total. The number of rotatable bonds is 7. The van der Waals surface area contributed by atoms with Crippen LogP contribution in [-0.2, 0) is 0 Å². The number of phenolic OH excluding ortho intramolecular Hbond substituents is 1. The van der Waals surface area contributed by atoms with Crippen LogP contribution in [0.3, 0.4) is 0 Å². The third-order valence-corrected chi connectivity index (χ3v) is 5.61. The zero-order valence-electron chi connectivity index (χ0n) is 16.5. The van der Waals surface area contributed by atoms with Gasteiger partial charge in [0.15, 0.2) is 5.71 Å². The summed E-state index contributed by atoms with van der Waals surface area (Å²) in [5, 5.41) is 22.0. The van der Waals surface area contributed by atoms with Crippen molar-refractivity contribution >= 4 is 23.0 Å². The van der Waals surface area contributed by atoms with Crippen LogP contribution < -0.4 is 10.7 Å². The highest BCUT2D eigenvalue weighted by molar-refractivity contribution is 7.13. The average molecular weight is 431 g/mol. The number of carbonyl (C=O) groups is 1. The standard InChI is InChI=1S/C23H19N5O2S/c24-18(15-5-3-9-25-12-15)11-19(17-7-1-2-8-21(17)29)27-22(30)20-14-31-23(28-20)16-6-4-10-26-13-16/h1-10,12-14,19,24,29H,11H2,(H,27,30)/p+1. The highest BCUT2D eigenvalue weighted by Gasteiger charge is 2.24. The summed E-state index contributed by atoms with van der Waals surface area (Å²) in [4.78, 5) is 25.6. The van der Waals surface area contributed by atoms with E-state index in [-0.39, 0.29) is 11.7 Å². The van der Waals surface area contributed by atoms with Crippen LogP contribution in [0.2, 0.25) is 0 Å². The monoisotopic (exact) mass is 430 g/mol. The van der Waals surface area contributed by atoms with Gasteiger partial charge in [0.25, 0.3) is 5.91 Å². The molecule has 1 amide bonds. The Morgan fingerprint density at radius 3 is 2.55 bits per heavy atom. The Bertz CT molecular complexity index is 1190. The molecule has 0 bridgehead atoms. The van der Waals surface area contributed by atoms with E-state index in [9.17, 15) is 9.90 Å². The number of phenols is 1. The maximum absolute atomic E-state index is 13.0. The number of amides is 1. The van der Waals surface area contributed by atoms with Crippen molar-refractivity contribution in [3.8, 4) is 16.3 Å². The highest BCUT2D eigenvalue weighted by atomic mass is 32.1. The van der Waals surface area contributed by atoms with E-state index in [2.05, 4.69) is 20.3 Å². The van der Waals surface area contributed by atoms with Crippen molar-refractivity contribution in [2.45, 2.75) is 12.5 Å². The minimum absolute atomic E-state index is 0.0844. The van der Waals surface area contributed by atoms with E-state index in [1.54, 1.807) is 60.5 Å². The topological polar surface area (TPSA) is 114 Å². The predicted molar refractivity (Wildman–Crippen MR) is 119 cm³/mol. The molecule has 4 rings (SSSR count). The largest absolute Gasteiger partial charge is 0.508 e. The fourth-order valence-corrected chi connectivity index (χ4v) is 3.93. The Kier molecular flexibility index (Phi) is 6.09. The van der Waals surface area contributed by atoms with Crippen LogP contribution in [0.5, 0.6) is 5.75 Å². The van der Waals surface area contributed by atoms with E-state index < -0.39 is 6.04 Å². The average Bonchev–Trinajstić information content (AvgIpc) is 3.31. The quantitative estimate of drug-likeness (QED) is 0.390. The molecular weight excluding hydrogens is 410 g/mol. The van der Waals surface area contributed by atoms with Crippen LogP contribution in [0, 0.1) is 0 Å². The van der Waals surface area contributed by atoms with Gasteiger partial charge in [-0.2, -0.15) is 0 Å². The zero-order valence-corrected chi connectivity index (χ0v) is 17.3. The summed E-state index contributed by atoms with van der Waals surface area (Å²) in [5.74, 6) is -0.264. The smallest absolute Gasteiger partial charge is 0.271 e. The molecule has 8 heteroatoms. The molecule has 1 aromatic carbocycles. The number of hydrogen-bond acceptors (Lipinski definition) is 6. The molecule has 3 aromatic heterocycles. The van der Waals surface area contributed by atoms with Crippen LogP contribution in [-0.4, -0.2) is 31.7 Å². The van der Waals surface area contributed by atoms with Gasteiger partial charge < -0.3 is 10.4 Å². The summed E-state index contributed by atoms with van der Waals surface area (Å²) in [7, 11) is 0. The molecule has 0 aliphatic heterocycles. The second-order valence-electron chi connectivity index (χ2n) is 6.84. The molecule has 0 aliphatic rings. The van der Waals surface area contributed by atoms with Crippen molar-refractivity contribution in [3.05, 3.63) is 95.5 Å². The zero-order chi connectivity index (χ0) is 21.6. The van der Waals surface area contributed by atoms with Gasteiger partial charge in [-0.15, -0.1) is 11.3 Å². The first-order valence-corrected chi connectivity index (χ1v) is 10.5. The van der Waals surface area contributed by atoms with E-state index in [1.165, 1.54) is 11.3 Å². The summed E-state index contributed by atoms with van der Waals surface area (Å²) in [6, 6.07) is 13.7. The predicted octanol–water partition coefficient (Wildman–Crippen LogP) is 2.42. The molecule has 3 heterocycles. The number of aromatic hydroxyl groups is 1. The van der Waals surface area contributed by atoms with Gasteiger partial charge >= 0.3 is 0 Å². The molecule has 1 unspecified atom stereocenters. The fourth-order valence-electron chi connectivity index (χ4n) is 3.14. The Morgan fingerprint density at radius 2 is 1.84 bits per heavy atom. The Hall–Kier alpha value is -3.91. The second-order valence-corrected chi connectivity index (χ2v) is 7.69. The van der Waals surface area contributed by atoms with Gasteiger partial charge in [0.05, 0.1) is 18.0 Å². The lowest BCUT2D eigenvalue weighted by Crippen LogP contribution is -2.43. The van der Waals surface area contributed by atoms with Crippen LogP contribution in [0.1, 0.15) is 34.1 Å². The van der Waals surface area contributed by atoms with E-state index in [4.69, 9.17) is 5.41 Å². The minimum Gasteiger partial charge on any atom is -0.508 e. The molecular formula is C23H20N5O2S+. The Labute approximate surface area is 183 Å². The van der Waals surface area contributed by atoms with Gasteiger partial charge in [0.1, 0.15) is 16.5 Å². The first-order chi connectivity index (χ1) is 15.1. The second kappa shape index (κ2) is 9.27. The summed E-state index contributed by atoms with van der Waals surface area (Å²) in [5.41, 5.74) is 3.04. The van der Waals surface area contributed by atoms with Crippen molar-refractivity contribution in [1.82, 2.24) is 20.3 Å². The number of nitrogens with zero attached hydrogens (tertiary/aromatic N) is 3. The first-order valence-electron chi connectivity index (χ1n) is 9.58. The summed E-state index contributed by atoms with van der Waals surface area (Å²) in [6.07, 6.45) is 7.02. The van der Waals surface area contributed by atoms with Crippen molar-refractivity contribution < 1.29 is 15.3 Å². The van der Waals surface area contributed by atoms with Gasteiger partial charge in [-0.05, 0) is 30.3 Å². The maximum Gasteiger partial charge on any atom is 0.271 e. The van der Waals surface area contributed by atoms with E-state index in [0.717, 1.165) is 11.1 Å². The SMILES string of the molecule is [NH2+]=C(CC(NC(=O)c1csc(-c2cccnc2)n1)c1ccccc1O)c1cccnc1. The molecule has 154 valence electrons. The number of nitrogens with two attached hydrogens (primary N) is 1. The lowest BCUT2D eigenvalue weighted by molar-refractivity contribution is -0.115. The van der Waals surface area contributed by atoms with E-state index in [0.29, 0.717) is 28.4 Å². The number of para-hydroxylation sites is 1. The van der Waals surface area contributed by atoms with Crippen molar-refractivity contribution in [1.29, 1.82) is 0 Å². The Morgan fingerprint density at radius 1 is 1.06 bits per heavy atom. The number of hydrogen-bond donors (Lipinski definition) is 3. The van der Waals surface area contributed by atoms with Gasteiger partial charge in [0, 0.05) is 41.3 Å². The normalized spacial score (nSPS) is 11.6. The van der Waals surface area contributed by atoms with E-state index in [1.807, 2.05) is 18.2 Å². The molecule has 4 N–H and O–H groups in total. The molecule has 0 saturated heterocycles. The molecule has 0 fully saturated rings. The van der Waals surface area contributed by atoms with Gasteiger partial charge in [-0.3, -0.25) is 20.2 Å².